The molecule has 0 radical (unpaired) electrons. The van der Waals surface area contributed by atoms with E-state index >= 15 is 0 Å². The van der Waals surface area contributed by atoms with Gasteiger partial charge in [-0.25, -0.2) is 4.57 Å². The molecule has 2 fully saturated rings. The van der Waals surface area contributed by atoms with Crippen LogP contribution in [0.1, 0.15) is 87.6 Å². The maximum atomic E-state index is 14.8. The molecule has 0 N–H and O–H groups in total. The molecule has 1 aromatic rings. The van der Waals surface area contributed by atoms with Crippen LogP contribution in [-0.2, 0) is 48.1 Å². The molecule has 0 aliphatic carbocycles. The lowest BCUT2D eigenvalue weighted by Crippen LogP contribution is -2.61. The van der Waals surface area contributed by atoms with E-state index in [1.54, 1.807) is 7.11 Å². The molecule has 7 atom stereocenters. The van der Waals surface area contributed by atoms with Gasteiger partial charge in [0, 0.05) is 47.6 Å². The third-order valence-corrected chi connectivity index (χ3v) is 23.3. The van der Waals surface area contributed by atoms with Crippen molar-refractivity contribution >= 4 is 32.3 Å². The Hall–Kier alpha value is -0.219. The fraction of sp³-hybridized carbons (Fsp3) is 0.857. The number of methoxy groups -OCH3 is 1. The summed E-state index contributed by atoms with van der Waals surface area (Å²) in [6.45, 7) is 37.8. The second kappa shape index (κ2) is 19.9. The summed E-state index contributed by atoms with van der Waals surface area (Å²) in [6, 6.07) is 11.9. The largest absolute Gasteiger partial charge is 0.475 e. The molecule has 0 saturated carbocycles. The first kappa shape index (κ1) is 49.1. The summed E-state index contributed by atoms with van der Waals surface area (Å²) in [5.74, 6) is -1.06. The smallest absolute Gasteiger partial charge is 0.413 e. The molecule has 0 bridgehead atoms. The van der Waals surface area contributed by atoms with Crippen LogP contribution in [0.2, 0.25) is 68.0 Å². The lowest BCUT2D eigenvalue weighted by Gasteiger charge is -2.54. The maximum absolute atomic E-state index is 14.8. The van der Waals surface area contributed by atoms with E-state index < -0.39 is 61.8 Å². The minimum atomic E-state index is -4.03. The third-order valence-electron chi connectivity index (χ3n) is 12.3. The van der Waals surface area contributed by atoms with Gasteiger partial charge in [0.25, 0.3) is 0 Å². The predicted octanol–water partition coefficient (Wildman–Crippen LogP) is 11.9. The molecule has 1 aromatic carbocycles. The van der Waals surface area contributed by atoms with Gasteiger partial charge < -0.3 is 23.4 Å². The van der Waals surface area contributed by atoms with Gasteiger partial charge in [-0.05, 0) is 47.6 Å². The lowest BCUT2D eigenvalue weighted by atomic mass is 9.72. The highest BCUT2D eigenvalue weighted by molar-refractivity contribution is 7.48. The Morgan fingerprint density at radius 1 is 0.818 bits per heavy atom. The molecule has 2 aliphatic heterocycles. The first-order valence-corrected chi connectivity index (χ1v) is 32.1. The van der Waals surface area contributed by atoms with Gasteiger partial charge in [0.15, 0.2) is 5.79 Å². The van der Waals surface area contributed by atoms with Gasteiger partial charge in [-0.15, -0.1) is 0 Å². The van der Waals surface area contributed by atoms with Gasteiger partial charge in [-0.2, -0.15) is 0 Å². The van der Waals surface area contributed by atoms with Crippen LogP contribution >= 0.6 is 7.82 Å². The van der Waals surface area contributed by atoms with Gasteiger partial charge in [0.05, 0.1) is 38.1 Å². The van der Waals surface area contributed by atoms with Gasteiger partial charge >= 0.3 is 7.82 Å². The molecular formula is C42H81O9PSi3. The summed E-state index contributed by atoms with van der Waals surface area (Å²) in [5.41, 5.74) is 1.56. The molecule has 9 nitrogen and oxygen atoms in total. The van der Waals surface area contributed by atoms with E-state index in [9.17, 15) is 4.57 Å². The third kappa shape index (κ3) is 12.6. The molecule has 320 valence electrons. The van der Waals surface area contributed by atoms with Crippen LogP contribution in [0.5, 0.6) is 0 Å². The predicted molar refractivity (Wildman–Crippen MR) is 234 cm³/mol. The molecule has 55 heavy (non-hydrogen) atoms. The van der Waals surface area contributed by atoms with Crippen LogP contribution in [0, 0.1) is 11.3 Å². The maximum Gasteiger partial charge on any atom is 0.475 e. The fourth-order valence-corrected chi connectivity index (χ4v) is 17.5. The van der Waals surface area contributed by atoms with E-state index in [-0.39, 0.29) is 18.1 Å². The molecule has 2 saturated heterocycles. The molecule has 2 aliphatic rings. The van der Waals surface area contributed by atoms with Crippen molar-refractivity contribution in [1.29, 1.82) is 0 Å². The number of benzene rings is 1. The van der Waals surface area contributed by atoms with Crippen LogP contribution in [0.3, 0.4) is 0 Å². The lowest BCUT2D eigenvalue weighted by molar-refractivity contribution is -0.334. The Morgan fingerprint density at radius 2 is 1.35 bits per heavy atom. The van der Waals surface area contributed by atoms with Gasteiger partial charge in [-0.3, -0.25) is 13.6 Å². The Morgan fingerprint density at radius 3 is 1.82 bits per heavy atom. The van der Waals surface area contributed by atoms with Crippen molar-refractivity contribution < 1.29 is 41.5 Å². The summed E-state index contributed by atoms with van der Waals surface area (Å²) >= 11 is 0. The Balaban J connectivity index is 2.07. The van der Waals surface area contributed by atoms with Crippen LogP contribution in [-0.4, -0.2) is 87.7 Å². The van der Waals surface area contributed by atoms with E-state index in [0.29, 0.717) is 55.9 Å². The number of hydrogen-bond donors (Lipinski definition) is 0. The SMILES string of the molecule is CO[C@H](C)[C@@H]1O[C@@]2(C[C@H](O[Si](C(C)C)(C(C)C)C(C)C)[C@@H](C)[C@@H](CCOCc3ccccc3)O2)C(C)(C)[C@@H]1OP(=O)(OCC[Si](C)(C)C)OCC[Si](C)(C)C. The van der Waals surface area contributed by atoms with Crippen molar-refractivity contribution in [3.8, 4) is 0 Å². The van der Waals surface area contributed by atoms with Crippen LogP contribution in [0.25, 0.3) is 0 Å². The first-order chi connectivity index (χ1) is 25.3. The molecule has 0 amide bonds. The molecular weight excluding hydrogens is 764 g/mol. The number of ether oxygens (including phenoxy) is 4. The molecule has 1 spiro atoms. The average molecular weight is 845 g/mol. The summed E-state index contributed by atoms with van der Waals surface area (Å²) in [7, 11) is -7.67. The summed E-state index contributed by atoms with van der Waals surface area (Å²) in [6.07, 6.45) is -0.921. The highest BCUT2D eigenvalue weighted by Crippen LogP contribution is 2.62. The minimum absolute atomic E-state index is 0.0765. The van der Waals surface area contributed by atoms with E-state index in [1.807, 2.05) is 25.1 Å². The van der Waals surface area contributed by atoms with Gasteiger partial charge in [-0.1, -0.05) is 132 Å². The first-order valence-electron chi connectivity index (χ1n) is 21.1. The van der Waals surface area contributed by atoms with Gasteiger partial charge in [0.1, 0.15) is 12.2 Å². The monoisotopic (exact) mass is 844 g/mol. The summed E-state index contributed by atoms with van der Waals surface area (Å²) < 4.78 is 68.4. The number of hydrogen-bond acceptors (Lipinski definition) is 9. The Bertz CT molecular complexity index is 1300. The van der Waals surface area contributed by atoms with E-state index in [1.165, 1.54) is 0 Å². The van der Waals surface area contributed by atoms with Crippen molar-refractivity contribution in [2.45, 2.75) is 193 Å². The standard InChI is InChI=1S/C42H81O9PSi3/c1-31(2)55(32(3)4,33(5)6)51-38-29-42(48-37(34(38)7)23-24-45-30-36-21-19-18-20-22-36)41(9,10)40(39(49-42)35(8)44-11)50-52(43,46-25-27-53(12,13)14)47-26-28-54(15,16)17/h18-22,31-35,37-40H,23-30H2,1-17H3/t34-,35+,37+,38-,39-,40+,42-/m0/s1. The minimum Gasteiger partial charge on any atom is -0.413 e. The zero-order valence-corrected chi connectivity index (χ0v) is 41.8. The Kier molecular flexibility index (Phi) is 17.8. The van der Waals surface area contributed by atoms with Crippen LogP contribution in [0.15, 0.2) is 30.3 Å². The summed E-state index contributed by atoms with van der Waals surface area (Å²) in [4.78, 5) is 0. The fourth-order valence-electron chi connectivity index (χ4n) is 8.58. The number of rotatable bonds is 22. The zero-order chi connectivity index (χ0) is 41.6. The van der Waals surface area contributed by atoms with Crippen molar-refractivity contribution in [3.63, 3.8) is 0 Å². The van der Waals surface area contributed by atoms with Gasteiger partial charge in [0.2, 0.25) is 8.32 Å². The van der Waals surface area contributed by atoms with E-state index in [0.717, 1.165) is 17.7 Å². The van der Waals surface area contributed by atoms with Crippen molar-refractivity contribution in [2.75, 3.05) is 26.9 Å². The second-order valence-electron chi connectivity index (χ2n) is 20.3. The van der Waals surface area contributed by atoms with Crippen LogP contribution in [0.4, 0.5) is 0 Å². The average Bonchev–Trinajstić information content (AvgIpc) is 3.26. The molecule has 0 unspecified atom stereocenters. The van der Waals surface area contributed by atoms with Crippen molar-refractivity contribution in [1.82, 2.24) is 0 Å². The Labute approximate surface area is 339 Å². The highest BCUT2D eigenvalue weighted by atomic mass is 31.2. The van der Waals surface area contributed by atoms with Crippen molar-refractivity contribution in [3.05, 3.63) is 35.9 Å². The number of phosphoric ester groups is 1. The zero-order valence-electron chi connectivity index (χ0n) is 37.9. The highest BCUT2D eigenvalue weighted by Gasteiger charge is 2.68. The molecule has 3 rings (SSSR count). The van der Waals surface area contributed by atoms with E-state index in [2.05, 4.69) is 114 Å². The molecule has 13 heteroatoms. The topological polar surface area (TPSA) is 90.9 Å². The van der Waals surface area contributed by atoms with Crippen molar-refractivity contribution in [2.24, 2.45) is 11.3 Å². The summed E-state index contributed by atoms with van der Waals surface area (Å²) in [5, 5.41) is 0. The molecule has 0 aromatic heterocycles. The van der Waals surface area contributed by atoms with E-state index in [4.69, 9.17) is 36.9 Å². The normalized spacial score (nSPS) is 27.2. The molecule has 2 heterocycles. The van der Waals surface area contributed by atoms with Crippen LogP contribution < -0.4 is 0 Å². The number of phosphoric acid groups is 1. The quantitative estimate of drug-likeness (QED) is 0.0643. The second-order valence-corrected chi connectivity index (χ2v) is 38.6.